The monoisotopic (exact) mass is 677 g/mol. The average Bonchev–Trinajstić information content (AvgIpc) is 2.99. The summed E-state index contributed by atoms with van der Waals surface area (Å²) in [6.07, 6.45) is 5.25. The van der Waals surface area contributed by atoms with Crippen LogP contribution in [0.4, 0.5) is 5.69 Å². The molecule has 1 N–H and O–H groups in total. The van der Waals surface area contributed by atoms with Crippen LogP contribution in [-0.2, 0) is 26.2 Å². The molecule has 7 nitrogen and oxygen atoms in total. The van der Waals surface area contributed by atoms with Crippen LogP contribution in [0.3, 0.4) is 0 Å². The predicted octanol–water partition coefficient (Wildman–Crippen LogP) is 7.72. The van der Waals surface area contributed by atoms with Gasteiger partial charge in [-0.1, -0.05) is 90.8 Å². The van der Waals surface area contributed by atoms with Gasteiger partial charge in [0, 0.05) is 33.2 Å². The number of rotatable bonds is 11. The van der Waals surface area contributed by atoms with Crippen molar-refractivity contribution in [3.63, 3.8) is 0 Å². The Balaban J connectivity index is 1.77. The summed E-state index contributed by atoms with van der Waals surface area (Å²) in [6, 6.07) is 15.5. The fraction of sp³-hybridized carbons (Fsp3) is 0.394. The molecule has 3 aromatic rings. The average molecular weight is 679 g/mol. The van der Waals surface area contributed by atoms with Crippen molar-refractivity contribution in [1.29, 1.82) is 0 Å². The minimum atomic E-state index is -4.23. The Morgan fingerprint density at radius 1 is 0.886 bits per heavy atom. The van der Waals surface area contributed by atoms with Crippen LogP contribution in [-0.4, -0.2) is 43.8 Å². The van der Waals surface area contributed by atoms with E-state index in [1.807, 2.05) is 13.8 Å². The van der Waals surface area contributed by atoms with E-state index in [1.54, 1.807) is 55.5 Å². The second kappa shape index (κ2) is 15.0. The maximum absolute atomic E-state index is 14.4. The third-order valence-electron chi connectivity index (χ3n) is 8.12. The van der Waals surface area contributed by atoms with Gasteiger partial charge in [0.05, 0.1) is 10.6 Å². The summed E-state index contributed by atoms with van der Waals surface area (Å²) in [5, 5.41) is 4.17. The summed E-state index contributed by atoms with van der Waals surface area (Å²) in [6.45, 7) is 4.72. The number of amides is 2. The molecule has 0 aromatic heterocycles. The minimum absolute atomic E-state index is 0.0260. The molecule has 4 rings (SSSR count). The van der Waals surface area contributed by atoms with Gasteiger partial charge in [0.15, 0.2) is 0 Å². The Morgan fingerprint density at radius 2 is 1.48 bits per heavy atom. The summed E-state index contributed by atoms with van der Waals surface area (Å²) in [5.41, 5.74) is 2.13. The quantitative estimate of drug-likeness (QED) is 0.225. The van der Waals surface area contributed by atoms with Gasteiger partial charge in [-0.25, -0.2) is 8.42 Å². The number of sulfonamides is 1. The lowest BCUT2D eigenvalue weighted by molar-refractivity contribution is -0.140. The van der Waals surface area contributed by atoms with E-state index < -0.39 is 28.5 Å². The van der Waals surface area contributed by atoms with Crippen LogP contribution in [0.5, 0.6) is 0 Å². The van der Waals surface area contributed by atoms with Crippen molar-refractivity contribution in [1.82, 2.24) is 10.2 Å². The highest BCUT2D eigenvalue weighted by atomic mass is 35.5. The number of halogens is 3. The lowest BCUT2D eigenvalue weighted by Crippen LogP contribution is -2.54. The zero-order valence-electron chi connectivity index (χ0n) is 25.2. The molecular formula is C33H38Cl3N3O4S. The van der Waals surface area contributed by atoms with Crippen molar-refractivity contribution in [2.75, 3.05) is 10.8 Å². The first-order valence-electron chi connectivity index (χ1n) is 14.8. The third kappa shape index (κ3) is 7.89. The van der Waals surface area contributed by atoms with Crippen molar-refractivity contribution in [3.05, 3.63) is 92.4 Å². The molecule has 44 heavy (non-hydrogen) atoms. The Bertz CT molecular complexity index is 1570. The molecule has 1 atom stereocenters. The smallest absolute Gasteiger partial charge is 0.264 e. The molecule has 3 aromatic carbocycles. The molecule has 2 amide bonds. The number of carbonyl (C=O) groups is 2. The van der Waals surface area contributed by atoms with E-state index >= 15 is 0 Å². The fourth-order valence-electron chi connectivity index (χ4n) is 5.53. The van der Waals surface area contributed by atoms with E-state index in [4.69, 9.17) is 34.8 Å². The molecule has 1 fully saturated rings. The van der Waals surface area contributed by atoms with Crippen LogP contribution < -0.4 is 9.62 Å². The predicted molar refractivity (Wildman–Crippen MR) is 178 cm³/mol. The molecule has 0 heterocycles. The highest BCUT2D eigenvalue weighted by Crippen LogP contribution is 2.32. The maximum atomic E-state index is 14.4. The second-order valence-electron chi connectivity index (χ2n) is 11.2. The molecule has 0 aliphatic heterocycles. The van der Waals surface area contributed by atoms with E-state index in [9.17, 15) is 18.0 Å². The number of nitrogens with one attached hydrogen (secondary N) is 1. The third-order valence-corrected chi connectivity index (χ3v) is 11.0. The Labute approximate surface area is 275 Å². The number of hydrogen-bond acceptors (Lipinski definition) is 4. The van der Waals surface area contributed by atoms with Crippen molar-refractivity contribution in [2.45, 2.75) is 82.8 Å². The lowest BCUT2D eigenvalue weighted by atomic mass is 9.95. The lowest BCUT2D eigenvalue weighted by Gasteiger charge is -2.35. The number of carbonyl (C=O) groups excluding carboxylic acids is 2. The van der Waals surface area contributed by atoms with Gasteiger partial charge in [0.1, 0.15) is 12.6 Å². The number of hydrogen-bond donors (Lipinski definition) is 1. The maximum Gasteiger partial charge on any atom is 0.264 e. The zero-order valence-corrected chi connectivity index (χ0v) is 28.2. The zero-order chi connectivity index (χ0) is 32.0. The molecular weight excluding hydrogens is 641 g/mol. The van der Waals surface area contributed by atoms with Gasteiger partial charge in [0.2, 0.25) is 11.8 Å². The highest BCUT2D eigenvalue weighted by Gasteiger charge is 2.35. The molecule has 236 valence electrons. The molecule has 0 bridgehead atoms. The number of nitrogens with zero attached hydrogens (tertiary/aromatic N) is 2. The molecule has 0 spiro atoms. The van der Waals surface area contributed by atoms with Crippen LogP contribution in [0, 0.1) is 13.8 Å². The normalized spacial score (nSPS) is 14.6. The van der Waals surface area contributed by atoms with Gasteiger partial charge in [-0.15, -0.1) is 0 Å². The molecule has 1 aliphatic rings. The van der Waals surface area contributed by atoms with E-state index in [-0.39, 0.29) is 29.1 Å². The minimum Gasteiger partial charge on any atom is -0.352 e. The summed E-state index contributed by atoms with van der Waals surface area (Å²) in [5.74, 6) is -0.871. The van der Waals surface area contributed by atoms with Crippen LogP contribution in [0.2, 0.25) is 15.1 Å². The van der Waals surface area contributed by atoms with Gasteiger partial charge in [-0.05, 0) is 75.1 Å². The van der Waals surface area contributed by atoms with Gasteiger partial charge >= 0.3 is 0 Å². The Kier molecular flexibility index (Phi) is 11.6. The summed E-state index contributed by atoms with van der Waals surface area (Å²) < 4.78 is 29.4. The first-order valence-corrected chi connectivity index (χ1v) is 17.4. The van der Waals surface area contributed by atoms with E-state index in [0.29, 0.717) is 32.6 Å². The summed E-state index contributed by atoms with van der Waals surface area (Å²) in [4.78, 5) is 29.6. The van der Waals surface area contributed by atoms with Crippen LogP contribution in [0.15, 0.2) is 65.6 Å². The van der Waals surface area contributed by atoms with Crippen molar-refractivity contribution < 1.29 is 18.0 Å². The fourth-order valence-corrected chi connectivity index (χ4v) is 7.69. The first-order chi connectivity index (χ1) is 20.9. The Hall–Kier alpha value is -2.78. The summed E-state index contributed by atoms with van der Waals surface area (Å²) in [7, 11) is -4.23. The number of aryl methyl sites for hydroxylation is 1. The largest absolute Gasteiger partial charge is 0.352 e. The van der Waals surface area contributed by atoms with Gasteiger partial charge in [-0.2, -0.15) is 0 Å². The second-order valence-corrected chi connectivity index (χ2v) is 14.3. The van der Waals surface area contributed by atoms with Crippen molar-refractivity contribution in [2.24, 2.45) is 0 Å². The van der Waals surface area contributed by atoms with Crippen molar-refractivity contribution >= 4 is 62.3 Å². The first kappa shape index (κ1) is 34.1. The Morgan fingerprint density at radius 3 is 2.09 bits per heavy atom. The standard InChI is InChI=1S/C33H38Cl3N3O4S/c1-4-30(33(41)37-24-10-6-5-7-11-24)38(20-26-28(35)13-8-14-29(26)36)32(40)21-39(31-15-9-12-27(34)23(31)3)44(42,43)25-18-16-22(2)17-19-25/h8-9,12-19,24,30H,4-7,10-11,20-21H2,1-3H3,(H,37,41)/t30-/m0/s1. The molecule has 0 unspecified atom stereocenters. The van der Waals surface area contributed by atoms with Crippen LogP contribution in [0.1, 0.15) is 62.1 Å². The summed E-state index contributed by atoms with van der Waals surface area (Å²) >= 11 is 19.5. The molecule has 0 radical (unpaired) electrons. The van der Waals surface area contributed by atoms with E-state index in [2.05, 4.69) is 5.32 Å². The number of anilines is 1. The van der Waals surface area contributed by atoms with Crippen molar-refractivity contribution in [3.8, 4) is 0 Å². The van der Waals surface area contributed by atoms with Gasteiger partial charge in [-0.3, -0.25) is 13.9 Å². The van der Waals surface area contributed by atoms with Crippen LogP contribution in [0.25, 0.3) is 0 Å². The van der Waals surface area contributed by atoms with Gasteiger partial charge in [0.25, 0.3) is 10.0 Å². The SMILES string of the molecule is CC[C@@H](C(=O)NC1CCCCC1)N(Cc1c(Cl)cccc1Cl)C(=O)CN(c1cccc(Cl)c1C)S(=O)(=O)c1ccc(C)cc1. The molecule has 0 saturated heterocycles. The number of benzene rings is 3. The van der Waals surface area contributed by atoms with E-state index in [1.165, 1.54) is 17.0 Å². The highest BCUT2D eigenvalue weighted by molar-refractivity contribution is 7.92. The molecule has 11 heteroatoms. The van der Waals surface area contributed by atoms with E-state index in [0.717, 1.165) is 42.0 Å². The molecule has 1 aliphatic carbocycles. The topological polar surface area (TPSA) is 86.8 Å². The molecule has 1 saturated carbocycles. The van der Waals surface area contributed by atoms with Crippen LogP contribution >= 0.6 is 34.8 Å². The van der Waals surface area contributed by atoms with Gasteiger partial charge < -0.3 is 10.2 Å².